The van der Waals surface area contributed by atoms with Gasteiger partial charge in [-0.05, 0) is 24.6 Å². The molecule has 0 saturated carbocycles. The lowest BCUT2D eigenvalue weighted by molar-refractivity contribution is 0.0764. The van der Waals surface area contributed by atoms with Gasteiger partial charge in [-0.2, -0.15) is 0 Å². The van der Waals surface area contributed by atoms with E-state index in [9.17, 15) is 14.3 Å². The number of likely N-dealkylation sites (tertiary alicyclic amines) is 1. The van der Waals surface area contributed by atoms with Gasteiger partial charge in [0.2, 0.25) is 0 Å². The minimum Gasteiger partial charge on any atom is -0.391 e. The van der Waals surface area contributed by atoms with Crippen LogP contribution >= 0.6 is 11.6 Å². The second-order valence-corrected chi connectivity index (χ2v) is 4.23. The molecular formula is C11H11ClFNO2. The summed E-state index contributed by atoms with van der Waals surface area (Å²) in [6.45, 7) is 0.813. The first-order chi connectivity index (χ1) is 7.58. The Morgan fingerprint density at radius 3 is 2.88 bits per heavy atom. The third kappa shape index (κ3) is 2.18. The van der Waals surface area contributed by atoms with Crippen molar-refractivity contribution in [2.75, 3.05) is 13.1 Å². The van der Waals surface area contributed by atoms with Crippen LogP contribution in [0.2, 0.25) is 5.02 Å². The van der Waals surface area contributed by atoms with Crippen molar-refractivity contribution in [3.8, 4) is 0 Å². The molecule has 2 rings (SSSR count). The highest BCUT2D eigenvalue weighted by molar-refractivity contribution is 6.30. The highest BCUT2D eigenvalue weighted by Gasteiger charge is 2.25. The molecule has 1 aromatic rings. The monoisotopic (exact) mass is 243 g/mol. The number of amides is 1. The van der Waals surface area contributed by atoms with E-state index in [4.69, 9.17) is 11.6 Å². The average molecular weight is 244 g/mol. The molecule has 1 amide bonds. The van der Waals surface area contributed by atoms with Gasteiger partial charge in [0.25, 0.3) is 5.91 Å². The Morgan fingerprint density at radius 1 is 1.56 bits per heavy atom. The maximum Gasteiger partial charge on any atom is 0.254 e. The number of halogens is 2. The number of rotatable bonds is 1. The van der Waals surface area contributed by atoms with Crippen LogP contribution in [0, 0.1) is 5.82 Å². The molecule has 1 saturated heterocycles. The summed E-state index contributed by atoms with van der Waals surface area (Å²) in [5, 5.41) is 9.30. The number of benzene rings is 1. The number of hydrogen-bond donors (Lipinski definition) is 1. The van der Waals surface area contributed by atoms with E-state index in [0.717, 1.165) is 6.07 Å². The molecule has 0 unspecified atom stereocenters. The van der Waals surface area contributed by atoms with Crippen LogP contribution in [0.25, 0.3) is 0 Å². The first kappa shape index (κ1) is 11.4. The summed E-state index contributed by atoms with van der Waals surface area (Å²) in [6, 6.07) is 3.96. The molecule has 3 nitrogen and oxygen atoms in total. The molecule has 1 aliphatic heterocycles. The fourth-order valence-corrected chi connectivity index (χ4v) is 1.86. The van der Waals surface area contributed by atoms with Gasteiger partial charge in [-0.15, -0.1) is 0 Å². The van der Waals surface area contributed by atoms with Crippen molar-refractivity contribution < 1.29 is 14.3 Å². The van der Waals surface area contributed by atoms with E-state index >= 15 is 0 Å². The van der Waals surface area contributed by atoms with E-state index in [1.165, 1.54) is 17.0 Å². The van der Waals surface area contributed by atoms with E-state index in [1.54, 1.807) is 0 Å². The van der Waals surface area contributed by atoms with Crippen molar-refractivity contribution in [1.29, 1.82) is 0 Å². The summed E-state index contributed by atoms with van der Waals surface area (Å²) in [6.07, 6.45) is 0.100. The van der Waals surface area contributed by atoms with Gasteiger partial charge in [0.05, 0.1) is 11.1 Å². The first-order valence-corrected chi connectivity index (χ1v) is 5.38. The SMILES string of the molecule is O=C(c1ccc(Cl)c(F)c1)N1CC[C@@H](O)C1. The largest absolute Gasteiger partial charge is 0.391 e. The quantitative estimate of drug-likeness (QED) is 0.815. The van der Waals surface area contributed by atoms with Crippen LogP contribution in [0.3, 0.4) is 0 Å². The van der Waals surface area contributed by atoms with Crippen molar-refractivity contribution in [2.24, 2.45) is 0 Å². The zero-order valence-electron chi connectivity index (χ0n) is 8.49. The van der Waals surface area contributed by atoms with Gasteiger partial charge in [0.15, 0.2) is 0 Å². The van der Waals surface area contributed by atoms with Crippen LogP contribution in [0.15, 0.2) is 18.2 Å². The van der Waals surface area contributed by atoms with E-state index in [2.05, 4.69) is 0 Å². The second kappa shape index (κ2) is 4.39. The summed E-state index contributed by atoms with van der Waals surface area (Å²) < 4.78 is 13.2. The predicted octanol–water partition coefficient (Wildman–Crippen LogP) is 1.69. The summed E-state index contributed by atoms with van der Waals surface area (Å²) in [4.78, 5) is 13.4. The van der Waals surface area contributed by atoms with Gasteiger partial charge in [0, 0.05) is 18.7 Å². The Hall–Kier alpha value is -1.13. The minimum atomic E-state index is -0.604. The fraction of sp³-hybridized carbons (Fsp3) is 0.364. The Balaban J connectivity index is 2.18. The highest BCUT2D eigenvalue weighted by Crippen LogP contribution is 2.18. The van der Waals surface area contributed by atoms with E-state index in [0.29, 0.717) is 19.5 Å². The van der Waals surface area contributed by atoms with Gasteiger partial charge in [-0.25, -0.2) is 4.39 Å². The normalized spacial score (nSPS) is 20.2. The van der Waals surface area contributed by atoms with Gasteiger partial charge in [-0.3, -0.25) is 4.79 Å². The van der Waals surface area contributed by atoms with E-state index < -0.39 is 11.9 Å². The highest BCUT2D eigenvalue weighted by atomic mass is 35.5. The van der Waals surface area contributed by atoms with Crippen molar-refractivity contribution in [3.05, 3.63) is 34.6 Å². The first-order valence-electron chi connectivity index (χ1n) is 5.00. The standard InChI is InChI=1S/C11H11ClFNO2/c12-9-2-1-7(5-10(9)13)11(16)14-4-3-8(15)6-14/h1-2,5,8,15H,3-4,6H2/t8-/m1/s1. The fourth-order valence-electron chi connectivity index (χ4n) is 1.74. The van der Waals surface area contributed by atoms with Crippen molar-refractivity contribution in [3.63, 3.8) is 0 Å². The molecule has 1 atom stereocenters. The molecule has 0 radical (unpaired) electrons. The van der Waals surface area contributed by atoms with Gasteiger partial charge in [0.1, 0.15) is 5.82 Å². The second-order valence-electron chi connectivity index (χ2n) is 3.82. The van der Waals surface area contributed by atoms with E-state index in [-0.39, 0.29) is 16.5 Å². The Labute approximate surface area is 97.4 Å². The van der Waals surface area contributed by atoms with Crippen LogP contribution in [-0.4, -0.2) is 35.1 Å². The molecule has 1 aliphatic rings. The number of β-amino-alcohol motifs (C(OH)–C–C–N with tert-alkyl or cyclic N) is 1. The number of aliphatic hydroxyl groups is 1. The third-order valence-electron chi connectivity index (χ3n) is 2.62. The number of nitrogens with zero attached hydrogens (tertiary/aromatic N) is 1. The zero-order chi connectivity index (χ0) is 11.7. The molecule has 1 aromatic carbocycles. The Bertz CT molecular complexity index is 424. The lowest BCUT2D eigenvalue weighted by Crippen LogP contribution is -2.29. The molecule has 86 valence electrons. The maximum absolute atomic E-state index is 13.2. The van der Waals surface area contributed by atoms with Crippen LogP contribution in [-0.2, 0) is 0 Å². The summed E-state index contributed by atoms with van der Waals surface area (Å²) >= 11 is 5.53. The van der Waals surface area contributed by atoms with Crippen LogP contribution in [0.1, 0.15) is 16.8 Å². The van der Waals surface area contributed by atoms with Gasteiger partial charge >= 0.3 is 0 Å². The molecule has 1 N–H and O–H groups in total. The smallest absolute Gasteiger partial charge is 0.254 e. The Kier molecular flexibility index (Phi) is 3.12. The minimum absolute atomic E-state index is 0.00185. The number of carbonyl (C=O) groups excluding carboxylic acids is 1. The maximum atomic E-state index is 13.2. The van der Waals surface area contributed by atoms with Gasteiger partial charge < -0.3 is 10.0 Å². The molecular weight excluding hydrogens is 233 g/mol. The average Bonchev–Trinajstić information content (AvgIpc) is 2.68. The summed E-state index contributed by atoms with van der Waals surface area (Å²) in [5.74, 6) is -0.876. The van der Waals surface area contributed by atoms with Gasteiger partial charge in [-0.1, -0.05) is 11.6 Å². The van der Waals surface area contributed by atoms with Crippen molar-refractivity contribution >= 4 is 17.5 Å². The van der Waals surface area contributed by atoms with Crippen LogP contribution in [0.4, 0.5) is 4.39 Å². The lowest BCUT2D eigenvalue weighted by atomic mass is 10.2. The summed E-state index contributed by atoms with van der Waals surface area (Å²) in [5.41, 5.74) is 0.260. The molecule has 0 aliphatic carbocycles. The Morgan fingerprint density at radius 2 is 2.31 bits per heavy atom. The lowest BCUT2D eigenvalue weighted by Gasteiger charge is -2.15. The number of carbonyl (C=O) groups is 1. The third-order valence-corrected chi connectivity index (χ3v) is 2.92. The predicted molar refractivity (Wildman–Crippen MR) is 57.9 cm³/mol. The molecule has 0 aromatic heterocycles. The molecule has 16 heavy (non-hydrogen) atoms. The molecule has 1 heterocycles. The van der Waals surface area contributed by atoms with Crippen molar-refractivity contribution in [2.45, 2.75) is 12.5 Å². The van der Waals surface area contributed by atoms with Crippen molar-refractivity contribution in [1.82, 2.24) is 4.90 Å². The zero-order valence-corrected chi connectivity index (χ0v) is 9.25. The molecule has 0 spiro atoms. The number of aliphatic hydroxyl groups excluding tert-OH is 1. The number of hydrogen-bond acceptors (Lipinski definition) is 2. The van der Waals surface area contributed by atoms with Crippen LogP contribution < -0.4 is 0 Å². The molecule has 5 heteroatoms. The topological polar surface area (TPSA) is 40.5 Å². The van der Waals surface area contributed by atoms with E-state index in [1.807, 2.05) is 0 Å². The van der Waals surface area contributed by atoms with Crippen LogP contribution in [0.5, 0.6) is 0 Å². The summed E-state index contributed by atoms with van der Waals surface area (Å²) in [7, 11) is 0. The molecule has 0 bridgehead atoms. The molecule has 1 fully saturated rings.